The van der Waals surface area contributed by atoms with Crippen LogP contribution in [0.5, 0.6) is 0 Å². The van der Waals surface area contributed by atoms with Crippen LogP contribution >= 0.6 is 11.8 Å². The number of rotatable bonds is 3. The number of nitrogens with one attached hydrogen (secondary N) is 1. The maximum Gasteiger partial charge on any atom is 0.239 e. The lowest BCUT2D eigenvalue weighted by atomic mass is 10.0. The molecule has 0 spiro atoms. The van der Waals surface area contributed by atoms with Crippen molar-refractivity contribution in [3.63, 3.8) is 0 Å². The third-order valence-electron chi connectivity index (χ3n) is 5.01. The smallest absolute Gasteiger partial charge is 0.239 e. The number of carbonyl (C=O) groups excluding carboxylic acids is 2. The van der Waals surface area contributed by atoms with E-state index in [4.69, 9.17) is 0 Å². The standard InChI is InChI=1S/C20H18F2N2O2S/c21-15-6-5-12(11-16(15)22)24-9-7-14(20(24)26)19(25)23-17-8-10-27-18-4-2-1-3-13(17)18/h1-6,11,14,17H,7-10H2,(H,23,25)/t14-,17-/m0/s1. The Morgan fingerprint density at radius 1 is 1.11 bits per heavy atom. The molecule has 0 radical (unpaired) electrons. The second-order valence-electron chi connectivity index (χ2n) is 6.67. The molecule has 0 aromatic heterocycles. The molecule has 140 valence electrons. The van der Waals surface area contributed by atoms with E-state index in [0.717, 1.165) is 34.8 Å². The minimum absolute atomic E-state index is 0.111. The Kier molecular flexibility index (Phi) is 4.86. The summed E-state index contributed by atoms with van der Waals surface area (Å²) in [6.45, 7) is 0.305. The van der Waals surface area contributed by atoms with Crippen LogP contribution < -0.4 is 10.2 Å². The highest BCUT2D eigenvalue weighted by Crippen LogP contribution is 2.36. The first-order chi connectivity index (χ1) is 13.0. The molecule has 4 nitrogen and oxygen atoms in total. The predicted octanol–water partition coefficient (Wildman–Crippen LogP) is 3.67. The van der Waals surface area contributed by atoms with Crippen LogP contribution in [0.15, 0.2) is 47.4 Å². The summed E-state index contributed by atoms with van der Waals surface area (Å²) in [4.78, 5) is 27.9. The summed E-state index contributed by atoms with van der Waals surface area (Å²) >= 11 is 1.76. The van der Waals surface area contributed by atoms with Gasteiger partial charge in [-0.1, -0.05) is 18.2 Å². The van der Waals surface area contributed by atoms with E-state index in [2.05, 4.69) is 5.32 Å². The highest BCUT2D eigenvalue weighted by molar-refractivity contribution is 7.99. The van der Waals surface area contributed by atoms with Crippen molar-refractivity contribution >= 4 is 29.3 Å². The summed E-state index contributed by atoms with van der Waals surface area (Å²) in [5.41, 5.74) is 1.35. The number of amides is 2. The summed E-state index contributed by atoms with van der Waals surface area (Å²) in [5.74, 6) is -2.56. The van der Waals surface area contributed by atoms with Gasteiger partial charge in [0.25, 0.3) is 0 Å². The summed E-state index contributed by atoms with van der Waals surface area (Å²) in [5, 5.41) is 3.01. The van der Waals surface area contributed by atoms with Crippen LogP contribution in [0.25, 0.3) is 0 Å². The molecule has 2 aliphatic rings. The first-order valence-corrected chi connectivity index (χ1v) is 9.81. The maximum atomic E-state index is 13.5. The van der Waals surface area contributed by atoms with Crippen molar-refractivity contribution in [2.45, 2.75) is 23.8 Å². The van der Waals surface area contributed by atoms with Gasteiger partial charge in [-0.3, -0.25) is 9.59 Å². The SMILES string of the molecule is O=C(N[C@H]1CCSc2ccccc21)[C@@H]1CCN(c2ccc(F)c(F)c2)C1=O. The number of nitrogens with zero attached hydrogens (tertiary/aromatic N) is 1. The van der Waals surface area contributed by atoms with Crippen molar-refractivity contribution in [2.24, 2.45) is 5.92 Å². The minimum Gasteiger partial charge on any atom is -0.349 e. The van der Waals surface area contributed by atoms with Gasteiger partial charge in [-0.05, 0) is 36.6 Å². The van der Waals surface area contributed by atoms with Gasteiger partial charge in [-0.15, -0.1) is 11.8 Å². The minimum atomic E-state index is -1.01. The average molecular weight is 388 g/mol. The highest BCUT2D eigenvalue weighted by atomic mass is 32.2. The molecule has 27 heavy (non-hydrogen) atoms. The Hall–Kier alpha value is -2.41. The number of carbonyl (C=O) groups is 2. The second-order valence-corrected chi connectivity index (χ2v) is 7.80. The number of halogens is 2. The molecule has 1 fully saturated rings. The van der Waals surface area contributed by atoms with E-state index in [-0.39, 0.29) is 23.5 Å². The molecule has 2 amide bonds. The fraction of sp³-hybridized carbons (Fsp3) is 0.300. The molecular formula is C20H18F2N2O2S. The Balaban J connectivity index is 1.47. The summed E-state index contributed by atoms with van der Waals surface area (Å²) in [6, 6.07) is 11.2. The number of hydrogen-bond acceptors (Lipinski definition) is 3. The summed E-state index contributed by atoms with van der Waals surface area (Å²) < 4.78 is 26.6. The van der Waals surface area contributed by atoms with Gasteiger partial charge in [0.1, 0.15) is 5.92 Å². The Bertz CT molecular complexity index is 905. The fourth-order valence-electron chi connectivity index (χ4n) is 3.60. The lowest BCUT2D eigenvalue weighted by molar-refractivity contribution is -0.132. The van der Waals surface area contributed by atoms with E-state index in [0.29, 0.717) is 13.0 Å². The van der Waals surface area contributed by atoms with Gasteiger partial charge in [0.15, 0.2) is 11.6 Å². The first kappa shape index (κ1) is 18.0. The van der Waals surface area contributed by atoms with Crippen LogP contribution in [-0.2, 0) is 9.59 Å². The number of hydrogen-bond donors (Lipinski definition) is 1. The van der Waals surface area contributed by atoms with Crippen molar-refractivity contribution in [1.29, 1.82) is 0 Å². The van der Waals surface area contributed by atoms with Crippen molar-refractivity contribution in [1.82, 2.24) is 5.32 Å². The van der Waals surface area contributed by atoms with Gasteiger partial charge in [0.05, 0.1) is 6.04 Å². The monoisotopic (exact) mass is 388 g/mol. The Morgan fingerprint density at radius 2 is 1.93 bits per heavy atom. The van der Waals surface area contributed by atoms with E-state index < -0.39 is 17.6 Å². The highest BCUT2D eigenvalue weighted by Gasteiger charge is 2.39. The van der Waals surface area contributed by atoms with Crippen molar-refractivity contribution in [3.8, 4) is 0 Å². The molecule has 1 saturated heterocycles. The van der Waals surface area contributed by atoms with Crippen LogP contribution in [0.3, 0.4) is 0 Å². The molecule has 2 aromatic carbocycles. The van der Waals surface area contributed by atoms with E-state index in [1.54, 1.807) is 11.8 Å². The van der Waals surface area contributed by atoms with E-state index in [1.807, 2.05) is 24.3 Å². The van der Waals surface area contributed by atoms with Crippen LogP contribution in [0.4, 0.5) is 14.5 Å². The quantitative estimate of drug-likeness (QED) is 0.817. The fourth-order valence-corrected chi connectivity index (χ4v) is 4.72. The maximum absolute atomic E-state index is 13.5. The van der Waals surface area contributed by atoms with Gasteiger partial charge in [-0.2, -0.15) is 0 Å². The Morgan fingerprint density at radius 3 is 2.74 bits per heavy atom. The molecule has 2 atom stereocenters. The van der Waals surface area contributed by atoms with Gasteiger partial charge in [-0.25, -0.2) is 8.78 Å². The molecule has 0 aliphatic carbocycles. The molecule has 1 N–H and O–H groups in total. The van der Waals surface area contributed by atoms with Crippen molar-refractivity contribution in [3.05, 3.63) is 59.7 Å². The predicted molar refractivity (Wildman–Crippen MR) is 99.5 cm³/mol. The molecular weight excluding hydrogens is 370 g/mol. The van der Waals surface area contributed by atoms with Crippen LogP contribution in [0, 0.1) is 17.6 Å². The second kappa shape index (κ2) is 7.31. The Labute approximate surface area is 159 Å². The first-order valence-electron chi connectivity index (χ1n) is 8.83. The molecule has 2 aliphatic heterocycles. The number of fused-ring (bicyclic) bond motifs is 1. The van der Waals surface area contributed by atoms with Crippen molar-refractivity contribution < 1.29 is 18.4 Å². The zero-order valence-corrected chi connectivity index (χ0v) is 15.3. The number of thioether (sulfide) groups is 1. The molecule has 2 heterocycles. The largest absolute Gasteiger partial charge is 0.349 e. The van der Waals surface area contributed by atoms with E-state index in [9.17, 15) is 18.4 Å². The average Bonchev–Trinajstić information content (AvgIpc) is 3.06. The third kappa shape index (κ3) is 3.43. The molecule has 0 saturated carbocycles. The van der Waals surface area contributed by atoms with E-state index >= 15 is 0 Å². The van der Waals surface area contributed by atoms with Crippen LogP contribution in [0.2, 0.25) is 0 Å². The van der Waals surface area contributed by atoms with Crippen LogP contribution in [-0.4, -0.2) is 24.1 Å². The molecule has 7 heteroatoms. The zero-order chi connectivity index (χ0) is 19.0. The van der Waals surface area contributed by atoms with Crippen molar-refractivity contribution in [2.75, 3.05) is 17.2 Å². The summed E-state index contributed by atoms with van der Waals surface area (Å²) in [6.07, 6.45) is 1.16. The van der Waals surface area contributed by atoms with Gasteiger partial charge >= 0.3 is 0 Å². The third-order valence-corrected chi connectivity index (χ3v) is 6.13. The zero-order valence-electron chi connectivity index (χ0n) is 14.5. The molecule has 4 rings (SSSR count). The van der Waals surface area contributed by atoms with E-state index in [1.165, 1.54) is 11.0 Å². The molecule has 2 aromatic rings. The summed E-state index contributed by atoms with van der Waals surface area (Å²) in [7, 11) is 0. The van der Waals surface area contributed by atoms with Gasteiger partial charge in [0, 0.05) is 28.9 Å². The molecule has 0 unspecified atom stereocenters. The van der Waals surface area contributed by atoms with Gasteiger partial charge < -0.3 is 10.2 Å². The lowest BCUT2D eigenvalue weighted by Gasteiger charge is -2.26. The number of anilines is 1. The van der Waals surface area contributed by atoms with Gasteiger partial charge in [0.2, 0.25) is 11.8 Å². The van der Waals surface area contributed by atoms with Crippen LogP contribution in [0.1, 0.15) is 24.4 Å². The molecule has 0 bridgehead atoms. The topological polar surface area (TPSA) is 49.4 Å². The lowest BCUT2D eigenvalue weighted by Crippen LogP contribution is -2.39. The normalized spacial score (nSPS) is 21.9. The number of benzene rings is 2.